The summed E-state index contributed by atoms with van der Waals surface area (Å²) in [5.41, 5.74) is 2.17. The Balaban J connectivity index is 1.64. The SMILES string of the molecule is COCCCNC(=O)c1c(NC(=O)c2cc(=O)c3cc(Cl)c(C)cc3o2)sc2c1CCCC2. The zero-order valence-corrected chi connectivity index (χ0v) is 20.1. The molecule has 174 valence electrons. The number of anilines is 1. The van der Waals surface area contributed by atoms with Crippen molar-refractivity contribution in [1.82, 2.24) is 5.32 Å². The van der Waals surface area contributed by atoms with E-state index < -0.39 is 5.91 Å². The highest BCUT2D eigenvalue weighted by molar-refractivity contribution is 7.17. The van der Waals surface area contributed by atoms with Gasteiger partial charge in [-0.1, -0.05) is 11.6 Å². The second-order valence-corrected chi connectivity index (χ2v) is 9.56. The van der Waals surface area contributed by atoms with Crippen LogP contribution in [0.3, 0.4) is 0 Å². The van der Waals surface area contributed by atoms with E-state index in [1.54, 1.807) is 26.2 Å². The van der Waals surface area contributed by atoms with Crippen LogP contribution in [0.5, 0.6) is 0 Å². The summed E-state index contributed by atoms with van der Waals surface area (Å²) >= 11 is 7.53. The van der Waals surface area contributed by atoms with Crippen molar-refractivity contribution in [3.05, 3.63) is 60.8 Å². The number of methoxy groups -OCH3 is 1. The molecule has 0 atom stereocenters. The summed E-state index contributed by atoms with van der Waals surface area (Å²) in [6.45, 7) is 2.83. The fourth-order valence-corrected chi connectivity index (χ4v) is 5.40. The maximum Gasteiger partial charge on any atom is 0.292 e. The normalized spacial score (nSPS) is 13.1. The van der Waals surface area contributed by atoms with E-state index in [4.69, 9.17) is 20.8 Å². The summed E-state index contributed by atoms with van der Waals surface area (Å²) < 4.78 is 10.8. The third-order valence-electron chi connectivity index (χ3n) is 5.67. The Labute approximate surface area is 200 Å². The summed E-state index contributed by atoms with van der Waals surface area (Å²) in [5.74, 6) is -0.910. The van der Waals surface area contributed by atoms with E-state index in [0.717, 1.165) is 47.8 Å². The number of carbonyl (C=O) groups excluding carboxylic acids is 2. The minimum absolute atomic E-state index is 0.118. The van der Waals surface area contributed by atoms with Crippen LogP contribution in [0.1, 0.15) is 56.2 Å². The Morgan fingerprint density at radius 1 is 1.18 bits per heavy atom. The van der Waals surface area contributed by atoms with Crippen molar-refractivity contribution in [2.45, 2.75) is 39.0 Å². The van der Waals surface area contributed by atoms with Gasteiger partial charge >= 0.3 is 0 Å². The lowest BCUT2D eigenvalue weighted by Crippen LogP contribution is -2.27. The number of ether oxygens (including phenoxy) is 1. The summed E-state index contributed by atoms with van der Waals surface area (Å²) in [7, 11) is 1.62. The zero-order chi connectivity index (χ0) is 23.5. The van der Waals surface area contributed by atoms with Gasteiger partial charge in [0.15, 0.2) is 11.2 Å². The Kier molecular flexibility index (Phi) is 7.17. The number of fused-ring (bicyclic) bond motifs is 2. The summed E-state index contributed by atoms with van der Waals surface area (Å²) in [6.07, 6.45) is 4.43. The highest BCUT2D eigenvalue weighted by Crippen LogP contribution is 2.38. The van der Waals surface area contributed by atoms with Crippen LogP contribution in [0.2, 0.25) is 5.02 Å². The number of thiophene rings is 1. The largest absolute Gasteiger partial charge is 0.451 e. The Morgan fingerprint density at radius 3 is 2.76 bits per heavy atom. The van der Waals surface area contributed by atoms with Crippen LogP contribution in [-0.4, -0.2) is 32.1 Å². The highest BCUT2D eigenvalue weighted by atomic mass is 35.5. The molecule has 1 aliphatic rings. The van der Waals surface area contributed by atoms with Crippen LogP contribution in [0.4, 0.5) is 5.00 Å². The van der Waals surface area contributed by atoms with Crippen LogP contribution in [0, 0.1) is 6.92 Å². The molecule has 0 radical (unpaired) electrons. The van der Waals surface area contributed by atoms with Gasteiger partial charge in [-0.25, -0.2) is 0 Å². The molecule has 1 aliphatic carbocycles. The molecule has 0 bridgehead atoms. The van der Waals surface area contributed by atoms with Gasteiger partial charge in [0.2, 0.25) is 0 Å². The number of amides is 2. The molecule has 1 aromatic carbocycles. The monoisotopic (exact) mass is 488 g/mol. The first-order chi connectivity index (χ1) is 15.9. The predicted molar refractivity (Wildman–Crippen MR) is 130 cm³/mol. The molecular formula is C24H25ClN2O5S. The fraction of sp³-hybridized carbons (Fsp3) is 0.375. The second-order valence-electron chi connectivity index (χ2n) is 8.04. The first-order valence-electron chi connectivity index (χ1n) is 10.9. The van der Waals surface area contributed by atoms with Crippen molar-refractivity contribution in [2.75, 3.05) is 25.6 Å². The van der Waals surface area contributed by atoms with Gasteiger partial charge < -0.3 is 19.8 Å². The van der Waals surface area contributed by atoms with Gasteiger partial charge in [-0.2, -0.15) is 0 Å². The standard InChI is InChI=1S/C24H25ClN2O5S/c1-13-10-18-15(11-16(13)25)17(28)12-19(32-18)22(29)27-24-21(23(30)26-8-5-9-31-2)14-6-3-4-7-20(14)33-24/h10-12H,3-9H2,1-2H3,(H,26,30)(H,27,29). The zero-order valence-electron chi connectivity index (χ0n) is 18.5. The van der Waals surface area contributed by atoms with E-state index in [9.17, 15) is 14.4 Å². The van der Waals surface area contributed by atoms with Gasteiger partial charge in [-0.3, -0.25) is 14.4 Å². The Hall–Kier alpha value is -2.68. The third-order valence-corrected chi connectivity index (χ3v) is 7.28. The fourth-order valence-electron chi connectivity index (χ4n) is 3.95. The van der Waals surface area contributed by atoms with E-state index in [1.165, 1.54) is 11.3 Å². The quantitative estimate of drug-likeness (QED) is 0.469. The molecule has 0 unspecified atom stereocenters. The van der Waals surface area contributed by atoms with Crippen molar-refractivity contribution in [3.63, 3.8) is 0 Å². The van der Waals surface area contributed by atoms with Gasteiger partial charge in [-0.05, 0) is 62.3 Å². The van der Waals surface area contributed by atoms with Crippen LogP contribution < -0.4 is 16.1 Å². The van der Waals surface area contributed by atoms with Crippen molar-refractivity contribution in [1.29, 1.82) is 0 Å². The lowest BCUT2D eigenvalue weighted by Gasteiger charge is -2.13. The molecule has 0 saturated carbocycles. The first-order valence-corrected chi connectivity index (χ1v) is 12.1. The molecule has 4 rings (SSSR count). The number of carbonyl (C=O) groups is 2. The Morgan fingerprint density at radius 2 is 1.97 bits per heavy atom. The average Bonchev–Trinajstić information content (AvgIpc) is 3.15. The van der Waals surface area contributed by atoms with Gasteiger partial charge in [0.05, 0.1) is 10.9 Å². The topological polar surface area (TPSA) is 97.6 Å². The van der Waals surface area contributed by atoms with Crippen LogP contribution in [-0.2, 0) is 17.6 Å². The minimum Gasteiger partial charge on any atom is -0.451 e. The first kappa shape index (κ1) is 23.5. The molecule has 3 aromatic rings. The molecule has 2 heterocycles. The number of halogens is 1. The molecule has 0 aliphatic heterocycles. The molecule has 9 heteroatoms. The molecule has 2 N–H and O–H groups in total. The molecular weight excluding hydrogens is 464 g/mol. The molecule has 7 nitrogen and oxygen atoms in total. The lowest BCUT2D eigenvalue weighted by atomic mass is 9.95. The van der Waals surface area contributed by atoms with E-state index in [2.05, 4.69) is 10.6 Å². The van der Waals surface area contributed by atoms with Gasteiger partial charge in [-0.15, -0.1) is 11.3 Å². The molecule has 0 spiro atoms. The predicted octanol–water partition coefficient (Wildman–Crippen LogP) is 4.71. The van der Waals surface area contributed by atoms with Crippen molar-refractivity contribution in [2.24, 2.45) is 0 Å². The molecule has 0 saturated heterocycles. The number of nitrogens with one attached hydrogen (secondary N) is 2. The van der Waals surface area contributed by atoms with Gasteiger partial charge in [0.1, 0.15) is 10.6 Å². The van der Waals surface area contributed by atoms with E-state index in [-0.39, 0.29) is 22.7 Å². The van der Waals surface area contributed by atoms with E-state index in [1.807, 2.05) is 0 Å². The van der Waals surface area contributed by atoms with E-state index in [0.29, 0.717) is 40.5 Å². The molecule has 33 heavy (non-hydrogen) atoms. The maximum absolute atomic E-state index is 13.0. The average molecular weight is 489 g/mol. The van der Waals surface area contributed by atoms with Crippen molar-refractivity contribution >= 4 is 50.7 Å². The number of rotatable bonds is 7. The molecule has 2 amide bonds. The van der Waals surface area contributed by atoms with Crippen LogP contribution in [0.25, 0.3) is 11.0 Å². The molecule has 0 fully saturated rings. The number of hydrogen-bond acceptors (Lipinski definition) is 6. The number of aryl methyl sites for hydroxylation is 2. The Bertz CT molecular complexity index is 1280. The lowest BCUT2D eigenvalue weighted by molar-refractivity contribution is 0.0948. The van der Waals surface area contributed by atoms with Gasteiger partial charge in [0, 0.05) is 36.2 Å². The van der Waals surface area contributed by atoms with E-state index >= 15 is 0 Å². The van der Waals surface area contributed by atoms with Gasteiger partial charge in [0.25, 0.3) is 11.8 Å². The highest BCUT2D eigenvalue weighted by Gasteiger charge is 2.27. The van der Waals surface area contributed by atoms with Crippen molar-refractivity contribution < 1.29 is 18.7 Å². The second kappa shape index (κ2) is 10.1. The summed E-state index contributed by atoms with van der Waals surface area (Å²) in [6, 6.07) is 4.33. The summed E-state index contributed by atoms with van der Waals surface area (Å²) in [5, 5.41) is 6.98. The molecule has 2 aromatic heterocycles. The summed E-state index contributed by atoms with van der Waals surface area (Å²) in [4.78, 5) is 39.7. The van der Waals surface area contributed by atoms with Crippen LogP contribution in [0.15, 0.2) is 27.4 Å². The van der Waals surface area contributed by atoms with Crippen LogP contribution >= 0.6 is 22.9 Å². The minimum atomic E-state index is -0.575. The smallest absolute Gasteiger partial charge is 0.292 e. The number of hydrogen-bond donors (Lipinski definition) is 2. The number of benzene rings is 1. The third kappa shape index (κ3) is 4.98. The van der Waals surface area contributed by atoms with Crippen molar-refractivity contribution in [3.8, 4) is 0 Å². The maximum atomic E-state index is 13.0.